The average molecular weight is 338 g/mol. The molecule has 0 aliphatic carbocycles. The number of unbranched alkanes of at least 4 members (excludes halogenated alkanes) is 1. The van der Waals surface area contributed by atoms with Crippen molar-refractivity contribution < 1.29 is 38.1 Å². The normalized spacial score (nSPS) is 8.58. The summed E-state index contributed by atoms with van der Waals surface area (Å²) in [4.78, 5) is 44.0. The standard InChI is InChI=1S/C16H18O8/c1-3-21-13(17)7-9-15(19)23-11-5-6-12-24-16(20)10-8-14(18)22-4-2/h3-6,11-12H2,1-2H3. The first-order valence-electron chi connectivity index (χ1n) is 7.20. The molecule has 130 valence electrons. The fourth-order valence-electron chi connectivity index (χ4n) is 1.14. The zero-order chi connectivity index (χ0) is 18.2. The SMILES string of the molecule is CCOC(=O)C#CC(=O)OCCCCOC(=O)C#CC(=O)OCC. The first-order valence-corrected chi connectivity index (χ1v) is 7.20. The zero-order valence-corrected chi connectivity index (χ0v) is 13.5. The number of hydrogen-bond acceptors (Lipinski definition) is 8. The Kier molecular flexibility index (Phi) is 11.9. The van der Waals surface area contributed by atoms with E-state index in [-0.39, 0.29) is 26.4 Å². The van der Waals surface area contributed by atoms with Gasteiger partial charge in [0.1, 0.15) is 0 Å². The molecule has 0 aliphatic heterocycles. The molecular weight excluding hydrogens is 320 g/mol. The van der Waals surface area contributed by atoms with E-state index in [0.29, 0.717) is 12.8 Å². The lowest BCUT2D eigenvalue weighted by Crippen LogP contribution is -2.08. The molecule has 0 heterocycles. The van der Waals surface area contributed by atoms with Gasteiger partial charge in [-0.2, -0.15) is 0 Å². The Morgan fingerprint density at radius 1 is 0.583 bits per heavy atom. The summed E-state index contributed by atoms with van der Waals surface area (Å²) in [6.45, 7) is 3.70. The molecule has 0 amide bonds. The fraction of sp³-hybridized carbons (Fsp3) is 0.500. The molecular formula is C16H18O8. The molecule has 0 aromatic heterocycles. The Hall–Kier alpha value is -3.00. The van der Waals surface area contributed by atoms with Crippen LogP contribution in [0.3, 0.4) is 0 Å². The van der Waals surface area contributed by atoms with Crippen LogP contribution in [0.4, 0.5) is 0 Å². The maximum atomic E-state index is 11.1. The third kappa shape index (κ3) is 12.7. The van der Waals surface area contributed by atoms with E-state index in [9.17, 15) is 19.2 Å². The Balaban J connectivity index is 3.77. The number of carbonyl (C=O) groups excluding carboxylic acids is 4. The second kappa shape index (κ2) is 13.6. The number of ether oxygens (including phenoxy) is 4. The van der Waals surface area contributed by atoms with E-state index in [4.69, 9.17) is 9.47 Å². The monoisotopic (exact) mass is 338 g/mol. The van der Waals surface area contributed by atoms with Crippen LogP contribution in [0, 0.1) is 23.7 Å². The third-order valence-electron chi connectivity index (χ3n) is 2.09. The molecule has 0 unspecified atom stereocenters. The van der Waals surface area contributed by atoms with E-state index in [0.717, 1.165) is 0 Å². The summed E-state index contributed by atoms with van der Waals surface area (Å²) in [7, 11) is 0. The molecule has 0 atom stereocenters. The van der Waals surface area contributed by atoms with Crippen LogP contribution in [0.15, 0.2) is 0 Å². The molecule has 0 radical (unpaired) electrons. The lowest BCUT2D eigenvalue weighted by molar-refractivity contribution is -0.139. The fourth-order valence-corrected chi connectivity index (χ4v) is 1.14. The highest BCUT2D eigenvalue weighted by Crippen LogP contribution is 1.92. The molecule has 0 N–H and O–H groups in total. The van der Waals surface area contributed by atoms with Gasteiger partial charge in [-0.3, -0.25) is 0 Å². The van der Waals surface area contributed by atoms with Gasteiger partial charge in [-0.25, -0.2) is 19.2 Å². The van der Waals surface area contributed by atoms with E-state index < -0.39 is 23.9 Å². The highest BCUT2D eigenvalue weighted by molar-refractivity contribution is 5.98. The molecule has 0 fully saturated rings. The van der Waals surface area contributed by atoms with Crippen LogP contribution in [0.2, 0.25) is 0 Å². The molecule has 0 aliphatic rings. The number of hydrogen-bond donors (Lipinski definition) is 0. The number of esters is 4. The minimum atomic E-state index is -0.847. The number of rotatable bonds is 7. The molecule has 0 bridgehead atoms. The molecule has 0 aromatic rings. The summed E-state index contributed by atoms with van der Waals surface area (Å²) < 4.78 is 18.5. The van der Waals surface area contributed by atoms with Crippen molar-refractivity contribution in [1.82, 2.24) is 0 Å². The quantitative estimate of drug-likeness (QED) is 0.210. The maximum absolute atomic E-state index is 11.1. The van der Waals surface area contributed by atoms with Crippen molar-refractivity contribution in [3.05, 3.63) is 0 Å². The molecule has 0 spiro atoms. The van der Waals surface area contributed by atoms with E-state index in [2.05, 4.69) is 9.47 Å². The van der Waals surface area contributed by atoms with E-state index >= 15 is 0 Å². The van der Waals surface area contributed by atoms with Gasteiger partial charge in [0.25, 0.3) is 0 Å². The van der Waals surface area contributed by atoms with Crippen molar-refractivity contribution in [2.75, 3.05) is 26.4 Å². The van der Waals surface area contributed by atoms with Gasteiger partial charge in [-0.15, -0.1) is 0 Å². The molecule has 0 rings (SSSR count). The Bertz CT molecular complexity index is 518. The topological polar surface area (TPSA) is 105 Å². The summed E-state index contributed by atoms with van der Waals surface area (Å²) in [6.07, 6.45) is 0.844. The van der Waals surface area contributed by atoms with Crippen LogP contribution >= 0.6 is 0 Å². The smallest absolute Gasteiger partial charge is 0.384 e. The van der Waals surface area contributed by atoms with Gasteiger partial charge in [-0.05, 0) is 26.7 Å². The minimum Gasteiger partial charge on any atom is -0.456 e. The minimum absolute atomic E-state index is 0.0579. The van der Waals surface area contributed by atoms with Gasteiger partial charge < -0.3 is 18.9 Å². The van der Waals surface area contributed by atoms with Gasteiger partial charge in [0.05, 0.1) is 26.4 Å². The second-order valence-corrected chi connectivity index (χ2v) is 3.92. The maximum Gasteiger partial charge on any atom is 0.384 e. The lowest BCUT2D eigenvalue weighted by atomic mass is 10.3. The number of carbonyl (C=O) groups is 4. The first-order chi connectivity index (χ1) is 11.5. The predicted molar refractivity (Wildman–Crippen MR) is 80.0 cm³/mol. The molecule has 8 nitrogen and oxygen atoms in total. The van der Waals surface area contributed by atoms with Gasteiger partial charge in [0.2, 0.25) is 0 Å². The van der Waals surface area contributed by atoms with E-state index in [1.807, 2.05) is 23.7 Å². The first kappa shape index (κ1) is 21.0. The summed E-state index contributed by atoms with van der Waals surface area (Å²) in [5.41, 5.74) is 0. The highest BCUT2D eigenvalue weighted by Gasteiger charge is 2.01. The molecule has 24 heavy (non-hydrogen) atoms. The lowest BCUT2D eigenvalue weighted by Gasteiger charge is -2.01. The summed E-state index contributed by atoms with van der Waals surface area (Å²) in [5, 5.41) is 0. The van der Waals surface area contributed by atoms with Crippen LogP contribution in [-0.2, 0) is 38.1 Å². The van der Waals surface area contributed by atoms with Crippen molar-refractivity contribution >= 4 is 23.9 Å². The van der Waals surface area contributed by atoms with Crippen molar-refractivity contribution in [2.45, 2.75) is 26.7 Å². The van der Waals surface area contributed by atoms with Crippen molar-refractivity contribution in [3.63, 3.8) is 0 Å². The van der Waals surface area contributed by atoms with Gasteiger partial charge in [0, 0.05) is 23.7 Å². The third-order valence-corrected chi connectivity index (χ3v) is 2.09. The molecule has 0 saturated heterocycles. The predicted octanol–water partition coefficient (Wildman–Crippen LogP) is -0.0140. The van der Waals surface area contributed by atoms with Gasteiger partial charge in [0.15, 0.2) is 0 Å². The van der Waals surface area contributed by atoms with E-state index in [1.54, 1.807) is 13.8 Å². The molecule has 0 aromatic carbocycles. The Labute approximate surface area is 139 Å². The van der Waals surface area contributed by atoms with Crippen molar-refractivity contribution in [2.24, 2.45) is 0 Å². The van der Waals surface area contributed by atoms with Crippen LogP contribution in [0.5, 0.6) is 0 Å². The van der Waals surface area contributed by atoms with Gasteiger partial charge >= 0.3 is 23.9 Å². The largest absolute Gasteiger partial charge is 0.456 e. The molecule has 8 heteroatoms. The summed E-state index contributed by atoms with van der Waals surface area (Å²) >= 11 is 0. The van der Waals surface area contributed by atoms with Gasteiger partial charge in [-0.1, -0.05) is 0 Å². The van der Waals surface area contributed by atoms with Crippen molar-refractivity contribution in [1.29, 1.82) is 0 Å². The summed E-state index contributed by atoms with van der Waals surface area (Å²) in [6, 6.07) is 0. The second-order valence-electron chi connectivity index (χ2n) is 3.92. The van der Waals surface area contributed by atoms with Crippen LogP contribution < -0.4 is 0 Å². The van der Waals surface area contributed by atoms with Crippen LogP contribution in [0.25, 0.3) is 0 Å². The van der Waals surface area contributed by atoms with Crippen LogP contribution in [0.1, 0.15) is 26.7 Å². The highest BCUT2D eigenvalue weighted by atomic mass is 16.5. The van der Waals surface area contributed by atoms with Crippen molar-refractivity contribution in [3.8, 4) is 23.7 Å². The summed E-state index contributed by atoms with van der Waals surface area (Å²) in [5.74, 6) is 4.62. The molecule has 0 saturated carbocycles. The van der Waals surface area contributed by atoms with E-state index in [1.165, 1.54) is 0 Å². The average Bonchev–Trinajstić information content (AvgIpc) is 2.54. The van der Waals surface area contributed by atoms with Crippen LogP contribution in [-0.4, -0.2) is 50.3 Å². The Morgan fingerprint density at radius 2 is 0.875 bits per heavy atom. The Morgan fingerprint density at radius 3 is 1.17 bits per heavy atom. The zero-order valence-electron chi connectivity index (χ0n) is 13.5.